The van der Waals surface area contributed by atoms with Crippen LogP contribution >= 0.6 is 43.5 Å². The van der Waals surface area contributed by atoms with Gasteiger partial charge in [0.2, 0.25) is 0 Å². The topological polar surface area (TPSA) is 83.5 Å². The van der Waals surface area contributed by atoms with E-state index in [0.29, 0.717) is 31.9 Å². The Hall–Kier alpha value is -3.72. The number of halogens is 3. The van der Waals surface area contributed by atoms with E-state index < -0.39 is 11.9 Å². The summed E-state index contributed by atoms with van der Waals surface area (Å²) in [6.07, 6.45) is 1.42. The Morgan fingerprint density at radius 2 is 1.68 bits per heavy atom. The molecular weight excluding hydrogens is 658 g/mol. The van der Waals surface area contributed by atoms with Crippen LogP contribution < -0.4 is 10.2 Å². The molecule has 9 heteroatoms. The van der Waals surface area contributed by atoms with Crippen molar-refractivity contribution in [1.29, 1.82) is 0 Å². The highest BCUT2D eigenvalue weighted by Crippen LogP contribution is 2.37. The van der Waals surface area contributed by atoms with Gasteiger partial charge in [0.05, 0.1) is 16.3 Å². The third-order valence-corrected chi connectivity index (χ3v) is 7.59. The van der Waals surface area contributed by atoms with Crippen LogP contribution in [0.15, 0.2) is 92.9 Å². The Morgan fingerprint density at radius 3 is 2.42 bits per heavy atom. The number of hydrogen-bond donors (Lipinski definition) is 2. The Kier molecular flexibility index (Phi) is 8.21. The molecule has 1 amide bonds. The number of carbonyl (C=O) groups is 2. The maximum Gasteiger partial charge on any atom is 0.343 e. The van der Waals surface area contributed by atoms with Crippen molar-refractivity contribution in [1.82, 2.24) is 10.4 Å². The van der Waals surface area contributed by atoms with Crippen molar-refractivity contribution in [3.8, 4) is 16.9 Å². The number of nitrogens with one attached hydrogen (secondary N) is 2. The van der Waals surface area contributed by atoms with Crippen LogP contribution in [0.2, 0.25) is 5.02 Å². The number of aryl methyl sites for hydroxylation is 2. The fourth-order valence-electron chi connectivity index (χ4n) is 4.26. The lowest BCUT2D eigenvalue weighted by atomic mass is 10.0. The van der Waals surface area contributed by atoms with E-state index in [1.54, 1.807) is 30.3 Å². The number of benzene rings is 4. The van der Waals surface area contributed by atoms with Crippen LogP contribution in [0.3, 0.4) is 0 Å². The number of H-pyrrole nitrogens is 1. The molecule has 40 heavy (non-hydrogen) atoms. The molecule has 0 fully saturated rings. The molecule has 0 unspecified atom stereocenters. The van der Waals surface area contributed by atoms with Crippen LogP contribution in [0.4, 0.5) is 0 Å². The zero-order valence-electron chi connectivity index (χ0n) is 21.4. The van der Waals surface area contributed by atoms with Gasteiger partial charge in [-0.3, -0.25) is 4.79 Å². The van der Waals surface area contributed by atoms with Crippen molar-refractivity contribution >= 4 is 72.5 Å². The van der Waals surface area contributed by atoms with Crippen molar-refractivity contribution in [2.24, 2.45) is 5.10 Å². The molecule has 1 heterocycles. The first kappa shape index (κ1) is 27.8. The smallest absolute Gasteiger partial charge is 0.343 e. The number of nitrogens with zero attached hydrogens (tertiary/aromatic N) is 1. The molecule has 0 aliphatic heterocycles. The van der Waals surface area contributed by atoms with Gasteiger partial charge in [-0.2, -0.15) is 5.10 Å². The average molecular weight is 680 g/mol. The first-order chi connectivity index (χ1) is 19.2. The molecule has 4 aromatic carbocycles. The van der Waals surface area contributed by atoms with E-state index in [9.17, 15) is 9.59 Å². The van der Waals surface area contributed by atoms with E-state index in [2.05, 4.69) is 47.4 Å². The summed E-state index contributed by atoms with van der Waals surface area (Å²) in [5.74, 6) is -0.698. The minimum Gasteiger partial charge on any atom is -0.421 e. The molecule has 0 radical (unpaired) electrons. The Balaban J connectivity index is 1.45. The number of amides is 1. The molecule has 0 bridgehead atoms. The van der Waals surface area contributed by atoms with Crippen molar-refractivity contribution in [3.05, 3.63) is 121 Å². The van der Waals surface area contributed by atoms with E-state index in [0.717, 1.165) is 32.1 Å². The van der Waals surface area contributed by atoms with Gasteiger partial charge in [0.1, 0.15) is 5.69 Å². The highest BCUT2D eigenvalue weighted by Gasteiger charge is 2.21. The largest absolute Gasteiger partial charge is 0.421 e. The summed E-state index contributed by atoms with van der Waals surface area (Å²) in [6, 6.07) is 23.9. The first-order valence-electron chi connectivity index (χ1n) is 12.2. The number of aromatic amines is 1. The molecule has 5 aromatic rings. The van der Waals surface area contributed by atoms with Gasteiger partial charge in [0, 0.05) is 37.1 Å². The Labute approximate surface area is 252 Å². The van der Waals surface area contributed by atoms with Crippen molar-refractivity contribution in [2.45, 2.75) is 13.8 Å². The molecule has 0 saturated carbocycles. The summed E-state index contributed by atoms with van der Waals surface area (Å²) >= 11 is 13.4. The number of fused-ring (bicyclic) bond motifs is 1. The lowest BCUT2D eigenvalue weighted by molar-refractivity contribution is 0.0733. The quantitative estimate of drug-likeness (QED) is 0.0816. The van der Waals surface area contributed by atoms with Gasteiger partial charge in [0.25, 0.3) is 5.91 Å². The summed E-state index contributed by atoms with van der Waals surface area (Å²) < 4.78 is 6.98. The first-order valence-corrected chi connectivity index (χ1v) is 14.2. The fourth-order valence-corrected chi connectivity index (χ4v) is 5.83. The Bertz CT molecular complexity index is 1800. The van der Waals surface area contributed by atoms with Crippen LogP contribution in [-0.2, 0) is 0 Å². The fraction of sp³-hybridized carbons (Fsp3) is 0.0645. The molecule has 0 saturated heterocycles. The zero-order valence-corrected chi connectivity index (χ0v) is 25.3. The van der Waals surface area contributed by atoms with Gasteiger partial charge in [-0.15, -0.1) is 0 Å². The SMILES string of the molecule is Cc1ccc(C(=O)Oc2c(Br)cc(Br)cc2C=NNC(=O)c2[nH]c3ccc(C)cc3c2-c2ccccc2Cl)cc1. The molecule has 2 N–H and O–H groups in total. The van der Waals surface area contributed by atoms with E-state index in [1.807, 2.05) is 62.4 Å². The summed E-state index contributed by atoms with van der Waals surface area (Å²) in [5, 5.41) is 5.59. The number of carbonyl (C=O) groups excluding carboxylic acids is 2. The van der Waals surface area contributed by atoms with Crippen LogP contribution in [-0.4, -0.2) is 23.1 Å². The second-order valence-corrected chi connectivity index (χ2v) is 11.3. The number of aromatic nitrogens is 1. The van der Waals surface area contributed by atoms with E-state index in [-0.39, 0.29) is 5.75 Å². The monoisotopic (exact) mass is 677 g/mol. The minimum atomic E-state index is -0.514. The van der Waals surface area contributed by atoms with Crippen LogP contribution in [0, 0.1) is 13.8 Å². The third kappa shape index (κ3) is 5.89. The van der Waals surface area contributed by atoms with Gasteiger partial charge < -0.3 is 9.72 Å². The van der Waals surface area contributed by atoms with Gasteiger partial charge >= 0.3 is 5.97 Å². The second kappa shape index (κ2) is 11.8. The molecular formula is C31H22Br2ClN3O3. The molecule has 1 aromatic heterocycles. The zero-order chi connectivity index (χ0) is 28.4. The molecule has 0 atom stereocenters. The molecule has 0 aliphatic rings. The van der Waals surface area contributed by atoms with Crippen LogP contribution in [0.25, 0.3) is 22.0 Å². The summed E-state index contributed by atoms with van der Waals surface area (Å²) in [4.78, 5) is 29.4. The van der Waals surface area contributed by atoms with E-state index in [4.69, 9.17) is 16.3 Å². The predicted octanol–water partition coefficient (Wildman–Crippen LogP) is 8.61. The van der Waals surface area contributed by atoms with Crippen molar-refractivity contribution < 1.29 is 14.3 Å². The second-order valence-electron chi connectivity index (χ2n) is 9.16. The van der Waals surface area contributed by atoms with Crippen LogP contribution in [0.5, 0.6) is 5.75 Å². The van der Waals surface area contributed by atoms with Crippen LogP contribution in [0.1, 0.15) is 37.5 Å². The van der Waals surface area contributed by atoms with E-state index in [1.165, 1.54) is 6.21 Å². The highest BCUT2D eigenvalue weighted by atomic mass is 79.9. The molecule has 5 rings (SSSR count). The predicted molar refractivity (Wildman–Crippen MR) is 167 cm³/mol. The Morgan fingerprint density at radius 1 is 0.950 bits per heavy atom. The van der Waals surface area contributed by atoms with Crippen molar-refractivity contribution in [3.63, 3.8) is 0 Å². The summed E-state index contributed by atoms with van der Waals surface area (Å²) in [7, 11) is 0. The average Bonchev–Trinajstić information content (AvgIpc) is 3.29. The molecule has 0 aliphatic carbocycles. The number of rotatable bonds is 6. The number of ether oxygens (including phenoxy) is 1. The van der Waals surface area contributed by atoms with E-state index >= 15 is 0 Å². The maximum absolute atomic E-state index is 13.4. The third-order valence-electron chi connectivity index (χ3n) is 6.21. The lowest BCUT2D eigenvalue weighted by Gasteiger charge is -2.11. The summed E-state index contributed by atoms with van der Waals surface area (Å²) in [6.45, 7) is 3.93. The standard InChI is InChI=1S/C31H22Br2ClN3O3/c1-17-7-10-19(11-8-17)31(39)40-29-20(14-21(32)15-24(29)33)16-35-37-30(38)28-27(22-5-3-4-6-25(22)34)23-13-18(2)9-12-26(23)36-28/h3-16,36H,1-2H3,(H,37,38). The number of hydrogen-bond acceptors (Lipinski definition) is 4. The van der Waals surface area contributed by atoms with Gasteiger partial charge in [0.15, 0.2) is 5.75 Å². The normalized spacial score (nSPS) is 11.2. The number of esters is 1. The molecule has 0 spiro atoms. The van der Waals surface area contributed by atoms with Crippen molar-refractivity contribution in [2.75, 3.05) is 0 Å². The summed E-state index contributed by atoms with van der Waals surface area (Å²) in [5.41, 5.74) is 8.12. The molecule has 6 nitrogen and oxygen atoms in total. The molecule has 200 valence electrons. The van der Waals surface area contributed by atoms with Gasteiger partial charge in [-0.25, -0.2) is 10.2 Å². The van der Waals surface area contributed by atoms with Gasteiger partial charge in [-0.1, -0.05) is 75.1 Å². The highest BCUT2D eigenvalue weighted by molar-refractivity contribution is 9.11. The maximum atomic E-state index is 13.4. The lowest BCUT2D eigenvalue weighted by Crippen LogP contribution is -2.19. The number of hydrazone groups is 1. The van der Waals surface area contributed by atoms with Gasteiger partial charge in [-0.05, 0) is 72.2 Å². The minimum absolute atomic E-state index is 0.268.